The standard InChI is InChI=1S/C18H19N7O/c1-13-4-9-20-17(12-13)23-16-3-2-15(24-25-16)21-10-11-22-18(26)14-5-7-19-8-6-14/h2-9,12H,10-11H2,1H3,(H,21,24)(H,22,26)(H,20,23,25). The van der Waals surface area contributed by atoms with Gasteiger partial charge in [0.25, 0.3) is 5.91 Å². The van der Waals surface area contributed by atoms with Crippen molar-refractivity contribution in [2.45, 2.75) is 6.92 Å². The summed E-state index contributed by atoms with van der Waals surface area (Å²) < 4.78 is 0. The highest BCUT2D eigenvalue weighted by atomic mass is 16.1. The molecule has 3 aromatic heterocycles. The first-order chi connectivity index (χ1) is 12.7. The minimum atomic E-state index is -0.134. The third kappa shape index (κ3) is 4.97. The number of amides is 1. The van der Waals surface area contributed by atoms with E-state index < -0.39 is 0 Å². The number of carbonyl (C=O) groups is 1. The number of rotatable bonds is 7. The molecule has 3 heterocycles. The second-order valence-electron chi connectivity index (χ2n) is 5.57. The van der Waals surface area contributed by atoms with E-state index in [1.165, 1.54) is 0 Å². The molecule has 0 unspecified atom stereocenters. The van der Waals surface area contributed by atoms with Gasteiger partial charge < -0.3 is 16.0 Å². The predicted octanol–water partition coefficient (Wildman–Crippen LogP) is 2.16. The van der Waals surface area contributed by atoms with Gasteiger partial charge in [0.1, 0.15) is 11.6 Å². The lowest BCUT2D eigenvalue weighted by molar-refractivity contribution is 0.0955. The molecule has 132 valence electrons. The molecule has 0 radical (unpaired) electrons. The van der Waals surface area contributed by atoms with Gasteiger partial charge in [0.2, 0.25) is 0 Å². The maximum Gasteiger partial charge on any atom is 0.251 e. The minimum absolute atomic E-state index is 0.134. The molecule has 0 fully saturated rings. The van der Waals surface area contributed by atoms with Crippen LogP contribution >= 0.6 is 0 Å². The van der Waals surface area contributed by atoms with Gasteiger partial charge in [-0.05, 0) is 48.9 Å². The number of aromatic nitrogens is 4. The van der Waals surface area contributed by atoms with Crippen LogP contribution in [0.25, 0.3) is 0 Å². The van der Waals surface area contributed by atoms with E-state index in [9.17, 15) is 4.79 Å². The van der Waals surface area contributed by atoms with Gasteiger partial charge in [0.15, 0.2) is 5.82 Å². The number of pyridine rings is 2. The van der Waals surface area contributed by atoms with E-state index >= 15 is 0 Å². The second-order valence-corrected chi connectivity index (χ2v) is 5.57. The molecule has 26 heavy (non-hydrogen) atoms. The Balaban J connectivity index is 1.44. The Kier molecular flexibility index (Phi) is 5.66. The van der Waals surface area contributed by atoms with Gasteiger partial charge in [0, 0.05) is 37.2 Å². The monoisotopic (exact) mass is 349 g/mol. The number of carbonyl (C=O) groups excluding carboxylic acids is 1. The normalized spacial score (nSPS) is 10.2. The van der Waals surface area contributed by atoms with Crippen LogP contribution < -0.4 is 16.0 Å². The Hall–Kier alpha value is -3.55. The number of nitrogens with zero attached hydrogens (tertiary/aromatic N) is 4. The van der Waals surface area contributed by atoms with Crippen molar-refractivity contribution in [3.05, 3.63) is 66.1 Å². The van der Waals surface area contributed by atoms with Crippen LogP contribution in [-0.2, 0) is 0 Å². The van der Waals surface area contributed by atoms with Gasteiger partial charge >= 0.3 is 0 Å². The maximum atomic E-state index is 11.9. The van der Waals surface area contributed by atoms with Crippen LogP contribution in [0.15, 0.2) is 55.0 Å². The lowest BCUT2D eigenvalue weighted by Crippen LogP contribution is -2.28. The lowest BCUT2D eigenvalue weighted by Gasteiger charge is -2.08. The molecule has 0 atom stereocenters. The van der Waals surface area contributed by atoms with E-state index in [2.05, 4.69) is 36.1 Å². The van der Waals surface area contributed by atoms with Gasteiger partial charge in [-0.1, -0.05) is 0 Å². The van der Waals surface area contributed by atoms with Gasteiger partial charge in [-0.25, -0.2) is 4.98 Å². The Labute approximate surface area is 151 Å². The SMILES string of the molecule is Cc1ccnc(Nc2ccc(NCCNC(=O)c3ccncc3)nn2)c1. The number of hydrogen-bond acceptors (Lipinski definition) is 7. The zero-order chi connectivity index (χ0) is 18.2. The molecule has 0 saturated heterocycles. The van der Waals surface area contributed by atoms with E-state index in [1.54, 1.807) is 30.7 Å². The van der Waals surface area contributed by atoms with Crippen LogP contribution in [-0.4, -0.2) is 39.2 Å². The van der Waals surface area contributed by atoms with Crippen LogP contribution in [0.5, 0.6) is 0 Å². The largest absolute Gasteiger partial charge is 0.367 e. The lowest BCUT2D eigenvalue weighted by atomic mass is 10.2. The van der Waals surface area contributed by atoms with Gasteiger partial charge in [0.05, 0.1) is 0 Å². The quantitative estimate of drug-likeness (QED) is 0.561. The molecule has 0 aliphatic heterocycles. The van der Waals surface area contributed by atoms with E-state index in [4.69, 9.17) is 0 Å². The first-order valence-corrected chi connectivity index (χ1v) is 8.16. The fourth-order valence-corrected chi connectivity index (χ4v) is 2.20. The Morgan fingerprint density at radius 2 is 1.69 bits per heavy atom. The van der Waals surface area contributed by atoms with Crippen molar-refractivity contribution in [3.8, 4) is 0 Å². The molecule has 1 amide bonds. The molecule has 0 spiro atoms. The first kappa shape index (κ1) is 17.3. The van der Waals surface area contributed by atoms with Crippen molar-refractivity contribution in [1.82, 2.24) is 25.5 Å². The van der Waals surface area contributed by atoms with Gasteiger partial charge in [-0.2, -0.15) is 0 Å². The van der Waals surface area contributed by atoms with Crippen molar-refractivity contribution >= 4 is 23.4 Å². The predicted molar refractivity (Wildman–Crippen MR) is 99.3 cm³/mol. The van der Waals surface area contributed by atoms with E-state index in [0.717, 1.165) is 11.4 Å². The Morgan fingerprint density at radius 1 is 0.923 bits per heavy atom. The van der Waals surface area contributed by atoms with Crippen LogP contribution in [0.3, 0.4) is 0 Å². The molecule has 8 heteroatoms. The summed E-state index contributed by atoms with van der Waals surface area (Å²) in [6.45, 7) is 3.01. The number of aryl methyl sites for hydroxylation is 1. The highest BCUT2D eigenvalue weighted by Gasteiger charge is 2.04. The van der Waals surface area contributed by atoms with Gasteiger partial charge in [-0.15, -0.1) is 10.2 Å². The minimum Gasteiger partial charge on any atom is -0.367 e. The molecular formula is C18H19N7O. The summed E-state index contributed by atoms with van der Waals surface area (Å²) in [5.41, 5.74) is 1.70. The number of anilines is 3. The molecule has 0 saturated carbocycles. The van der Waals surface area contributed by atoms with E-state index in [-0.39, 0.29) is 5.91 Å². The summed E-state index contributed by atoms with van der Waals surface area (Å²) in [6.07, 6.45) is 4.91. The van der Waals surface area contributed by atoms with E-state index in [0.29, 0.717) is 30.3 Å². The Morgan fingerprint density at radius 3 is 2.42 bits per heavy atom. The van der Waals surface area contributed by atoms with Crippen molar-refractivity contribution in [2.75, 3.05) is 23.7 Å². The van der Waals surface area contributed by atoms with Crippen molar-refractivity contribution in [3.63, 3.8) is 0 Å². The third-order valence-corrected chi connectivity index (χ3v) is 3.50. The highest BCUT2D eigenvalue weighted by molar-refractivity contribution is 5.93. The van der Waals surface area contributed by atoms with Gasteiger partial charge in [-0.3, -0.25) is 9.78 Å². The summed E-state index contributed by atoms with van der Waals surface area (Å²) in [5.74, 6) is 1.83. The molecule has 3 rings (SSSR count). The fourth-order valence-electron chi connectivity index (χ4n) is 2.20. The van der Waals surface area contributed by atoms with Crippen LogP contribution in [0.4, 0.5) is 17.5 Å². The highest BCUT2D eigenvalue weighted by Crippen LogP contribution is 2.13. The number of hydrogen-bond donors (Lipinski definition) is 3. The molecule has 0 aliphatic carbocycles. The summed E-state index contributed by atoms with van der Waals surface area (Å²) in [5, 5.41) is 17.2. The van der Waals surface area contributed by atoms with Crippen molar-refractivity contribution < 1.29 is 4.79 Å². The molecule has 8 nitrogen and oxygen atoms in total. The maximum absolute atomic E-state index is 11.9. The van der Waals surface area contributed by atoms with E-state index in [1.807, 2.05) is 31.2 Å². The molecule has 3 aromatic rings. The molecular weight excluding hydrogens is 330 g/mol. The Bertz CT molecular complexity index is 853. The molecule has 0 aliphatic rings. The summed E-state index contributed by atoms with van der Waals surface area (Å²) >= 11 is 0. The zero-order valence-corrected chi connectivity index (χ0v) is 14.3. The second kappa shape index (κ2) is 8.52. The van der Waals surface area contributed by atoms with Crippen molar-refractivity contribution in [1.29, 1.82) is 0 Å². The molecule has 3 N–H and O–H groups in total. The van der Waals surface area contributed by atoms with Crippen molar-refractivity contribution in [2.24, 2.45) is 0 Å². The molecule has 0 bridgehead atoms. The van der Waals surface area contributed by atoms with Crippen LogP contribution in [0.2, 0.25) is 0 Å². The smallest absolute Gasteiger partial charge is 0.251 e. The summed E-state index contributed by atoms with van der Waals surface area (Å²) in [7, 11) is 0. The van der Waals surface area contributed by atoms with Crippen LogP contribution in [0.1, 0.15) is 15.9 Å². The number of nitrogens with one attached hydrogen (secondary N) is 3. The fraction of sp³-hybridized carbons (Fsp3) is 0.167. The summed E-state index contributed by atoms with van der Waals surface area (Å²) in [4.78, 5) is 20.0. The average molecular weight is 349 g/mol. The summed E-state index contributed by atoms with van der Waals surface area (Å²) in [6, 6.07) is 10.8. The first-order valence-electron chi connectivity index (χ1n) is 8.16. The zero-order valence-electron chi connectivity index (χ0n) is 14.3. The molecule has 0 aromatic carbocycles. The third-order valence-electron chi connectivity index (χ3n) is 3.50. The topological polar surface area (TPSA) is 105 Å². The van der Waals surface area contributed by atoms with Crippen LogP contribution in [0, 0.1) is 6.92 Å². The average Bonchev–Trinajstić information content (AvgIpc) is 2.67.